The first-order valence-corrected chi connectivity index (χ1v) is 4.12. The lowest BCUT2D eigenvalue weighted by Crippen LogP contribution is -2.19. The fourth-order valence-corrected chi connectivity index (χ4v) is 1.12. The maximum absolute atomic E-state index is 10.7. The molecule has 0 heterocycles. The van der Waals surface area contributed by atoms with Gasteiger partial charge in [-0.3, -0.25) is 26.1 Å². The number of oxime groups is 1. The molecule has 0 atom stereocenters. The highest BCUT2D eigenvalue weighted by molar-refractivity contribution is 6.18. The average Bonchev–Trinajstić information content (AvgIpc) is 2.28. The third-order valence-corrected chi connectivity index (χ3v) is 1.79. The van der Waals surface area contributed by atoms with Crippen LogP contribution in [0.1, 0.15) is 0 Å². The van der Waals surface area contributed by atoms with Crippen LogP contribution < -0.4 is 0 Å². The van der Waals surface area contributed by atoms with Gasteiger partial charge in [0.15, 0.2) is 5.71 Å². The van der Waals surface area contributed by atoms with Crippen molar-refractivity contribution >= 4 is 11.6 Å². The number of nitrogens with zero attached hydrogens (tertiary/aromatic N) is 4. The van der Waals surface area contributed by atoms with E-state index < -0.39 is 21.2 Å². The van der Waals surface area contributed by atoms with E-state index in [-0.39, 0.29) is 11.3 Å². The van der Waals surface area contributed by atoms with E-state index >= 15 is 0 Å². The van der Waals surface area contributed by atoms with Crippen LogP contribution in [-0.2, 0) is 4.84 Å². The summed E-state index contributed by atoms with van der Waals surface area (Å²) in [5.74, 6) is 1.59. The SMILES string of the molecule is CO/N=C1\C(=C=[N-])C=C([N+](=O)[O-])C=C1[N+](=O)[O-]. The van der Waals surface area contributed by atoms with E-state index in [2.05, 4.69) is 9.99 Å². The third-order valence-electron chi connectivity index (χ3n) is 1.79. The molecular formula is C8H5N4O5-. The molecule has 0 aromatic heterocycles. The highest BCUT2D eigenvalue weighted by Gasteiger charge is 2.31. The molecule has 17 heavy (non-hydrogen) atoms. The summed E-state index contributed by atoms with van der Waals surface area (Å²) < 4.78 is 0. The Morgan fingerprint density at radius 2 is 2.00 bits per heavy atom. The topological polar surface area (TPSA) is 130 Å². The van der Waals surface area contributed by atoms with Crippen molar-refractivity contribution in [2.24, 2.45) is 5.16 Å². The molecule has 0 aromatic rings. The Hall–Kier alpha value is -2.80. The van der Waals surface area contributed by atoms with Gasteiger partial charge >= 0.3 is 5.70 Å². The van der Waals surface area contributed by atoms with Crippen LogP contribution in [0.15, 0.2) is 34.3 Å². The lowest BCUT2D eigenvalue weighted by molar-refractivity contribution is -0.429. The Bertz CT molecular complexity index is 524. The Balaban J connectivity index is 3.44. The molecule has 0 aromatic carbocycles. The normalized spacial score (nSPS) is 17.0. The minimum absolute atomic E-state index is 0.298. The van der Waals surface area contributed by atoms with Gasteiger partial charge in [0.1, 0.15) is 7.11 Å². The number of hydrogen-bond donors (Lipinski definition) is 0. The highest BCUT2D eigenvalue weighted by atomic mass is 16.6. The lowest BCUT2D eigenvalue weighted by Gasteiger charge is -2.07. The van der Waals surface area contributed by atoms with E-state index in [1.54, 1.807) is 5.87 Å². The molecule has 0 fully saturated rings. The first-order chi connectivity index (χ1) is 8.01. The van der Waals surface area contributed by atoms with Gasteiger partial charge in [-0.05, 0) is 0 Å². The van der Waals surface area contributed by atoms with E-state index in [9.17, 15) is 20.2 Å². The van der Waals surface area contributed by atoms with Gasteiger partial charge in [-0.15, -0.1) is 0 Å². The van der Waals surface area contributed by atoms with Crippen molar-refractivity contribution in [2.45, 2.75) is 0 Å². The quantitative estimate of drug-likeness (QED) is 0.400. The molecule has 0 aliphatic heterocycles. The van der Waals surface area contributed by atoms with Crippen LogP contribution >= 0.6 is 0 Å². The van der Waals surface area contributed by atoms with Gasteiger partial charge < -0.3 is 10.2 Å². The zero-order chi connectivity index (χ0) is 13.0. The van der Waals surface area contributed by atoms with Crippen LogP contribution in [0.5, 0.6) is 0 Å². The van der Waals surface area contributed by atoms with Gasteiger partial charge in [-0.1, -0.05) is 5.16 Å². The number of rotatable bonds is 3. The second-order valence-electron chi connectivity index (χ2n) is 2.76. The Morgan fingerprint density at radius 1 is 1.35 bits per heavy atom. The second kappa shape index (κ2) is 4.81. The second-order valence-corrected chi connectivity index (χ2v) is 2.76. The molecule has 1 aliphatic carbocycles. The summed E-state index contributed by atoms with van der Waals surface area (Å²) in [7, 11) is 1.15. The monoisotopic (exact) mass is 237 g/mol. The smallest absolute Gasteiger partial charge is 0.306 e. The van der Waals surface area contributed by atoms with Crippen molar-refractivity contribution in [1.29, 1.82) is 0 Å². The Kier molecular flexibility index (Phi) is 3.48. The maximum atomic E-state index is 10.7. The van der Waals surface area contributed by atoms with E-state index in [0.29, 0.717) is 0 Å². The van der Waals surface area contributed by atoms with Crippen LogP contribution in [0.4, 0.5) is 0 Å². The molecule has 0 unspecified atom stereocenters. The van der Waals surface area contributed by atoms with E-state index in [4.69, 9.17) is 5.41 Å². The van der Waals surface area contributed by atoms with Gasteiger partial charge in [0.2, 0.25) is 0 Å². The van der Waals surface area contributed by atoms with E-state index in [1.807, 2.05) is 0 Å². The zero-order valence-electron chi connectivity index (χ0n) is 8.48. The fourth-order valence-electron chi connectivity index (χ4n) is 1.12. The molecule has 0 N–H and O–H groups in total. The fraction of sp³-hybridized carbons (Fsp3) is 0.125. The van der Waals surface area contributed by atoms with Crippen LogP contribution in [-0.4, -0.2) is 28.5 Å². The predicted octanol–water partition coefficient (Wildman–Crippen LogP) is 0.489. The molecule has 0 saturated heterocycles. The molecule has 0 radical (unpaired) electrons. The minimum Gasteiger partial charge on any atom is -0.763 e. The first-order valence-electron chi connectivity index (χ1n) is 4.12. The third kappa shape index (κ3) is 2.41. The molecule has 1 aliphatic rings. The predicted molar refractivity (Wildman–Crippen MR) is 56.5 cm³/mol. The van der Waals surface area contributed by atoms with Crippen molar-refractivity contribution in [3.8, 4) is 0 Å². The Morgan fingerprint density at radius 3 is 2.41 bits per heavy atom. The van der Waals surface area contributed by atoms with Gasteiger partial charge in [0, 0.05) is 11.6 Å². The molecule has 88 valence electrons. The zero-order valence-corrected chi connectivity index (χ0v) is 8.48. The van der Waals surface area contributed by atoms with Crippen molar-refractivity contribution in [3.63, 3.8) is 0 Å². The van der Waals surface area contributed by atoms with Crippen molar-refractivity contribution in [2.75, 3.05) is 7.11 Å². The molecule has 1 rings (SSSR count). The molecule has 9 heteroatoms. The first kappa shape index (κ1) is 12.3. The average molecular weight is 237 g/mol. The highest BCUT2D eigenvalue weighted by Crippen LogP contribution is 2.19. The van der Waals surface area contributed by atoms with Crippen LogP contribution in [0, 0.1) is 20.2 Å². The summed E-state index contributed by atoms with van der Waals surface area (Å²) in [4.78, 5) is 23.9. The Labute approximate surface area is 94.2 Å². The number of nitro groups is 2. The van der Waals surface area contributed by atoms with Gasteiger partial charge in [-0.25, -0.2) is 0 Å². The molecule has 0 amide bonds. The van der Waals surface area contributed by atoms with Crippen molar-refractivity contribution < 1.29 is 14.7 Å². The summed E-state index contributed by atoms with van der Waals surface area (Å²) in [5.41, 5.74) is -1.85. The van der Waals surface area contributed by atoms with Gasteiger partial charge in [0.05, 0.1) is 15.9 Å². The van der Waals surface area contributed by atoms with Crippen LogP contribution in [0.25, 0.3) is 5.41 Å². The summed E-state index contributed by atoms with van der Waals surface area (Å²) in [6.07, 6.45) is 1.61. The van der Waals surface area contributed by atoms with Crippen molar-refractivity contribution in [3.05, 3.63) is 54.8 Å². The van der Waals surface area contributed by atoms with Gasteiger partial charge in [-0.2, -0.15) is 0 Å². The van der Waals surface area contributed by atoms with Crippen LogP contribution in [0.3, 0.4) is 0 Å². The minimum atomic E-state index is -0.869. The molecular weight excluding hydrogens is 232 g/mol. The lowest BCUT2D eigenvalue weighted by atomic mass is 10.0. The summed E-state index contributed by atoms with van der Waals surface area (Å²) in [6.45, 7) is 0. The molecule has 9 nitrogen and oxygen atoms in total. The maximum Gasteiger partial charge on any atom is 0.306 e. The standard InChI is InChI=1S/C8H5N4O5/c1-17-10-8-5(4-9)2-6(11(13)14)3-7(8)12(15)16/h2-3H,1H3/q-1/b10-8+. The van der Waals surface area contributed by atoms with Crippen LogP contribution in [0.2, 0.25) is 0 Å². The molecule has 0 bridgehead atoms. The van der Waals surface area contributed by atoms with E-state index in [1.165, 1.54) is 0 Å². The van der Waals surface area contributed by atoms with E-state index in [0.717, 1.165) is 19.3 Å². The molecule has 0 saturated carbocycles. The summed E-state index contributed by atoms with van der Waals surface area (Å²) in [5, 5.41) is 33.3. The number of hydrogen-bond acceptors (Lipinski definition) is 6. The van der Waals surface area contributed by atoms with Crippen molar-refractivity contribution in [1.82, 2.24) is 0 Å². The summed E-state index contributed by atoms with van der Waals surface area (Å²) >= 11 is 0. The molecule has 0 spiro atoms. The number of allylic oxidation sites excluding steroid dienone is 3. The van der Waals surface area contributed by atoms with Gasteiger partial charge in [0.25, 0.3) is 5.70 Å². The summed E-state index contributed by atoms with van der Waals surface area (Å²) in [6, 6.07) is 0. The largest absolute Gasteiger partial charge is 0.763 e.